The molecule has 0 heterocycles. The summed E-state index contributed by atoms with van der Waals surface area (Å²) in [6, 6.07) is 6.86. The summed E-state index contributed by atoms with van der Waals surface area (Å²) in [5.41, 5.74) is 6.61. The van der Waals surface area contributed by atoms with Gasteiger partial charge in [-0.05, 0) is 30.5 Å². The van der Waals surface area contributed by atoms with E-state index < -0.39 is 0 Å². The lowest BCUT2D eigenvalue weighted by molar-refractivity contribution is -0.117. The van der Waals surface area contributed by atoms with Crippen LogP contribution in [0.15, 0.2) is 24.3 Å². The largest absolute Gasteiger partial charge is 0.459 e. The molecule has 104 valence electrons. The van der Waals surface area contributed by atoms with Gasteiger partial charge in [0, 0.05) is 6.42 Å². The van der Waals surface area contributed by atoms with Crippen molar-refractivity contribution in [3.8, 4) is 0 Å². The molecule has 4 nitrogen and oxygen atoms in total. The van der Waals surface area contributed by atoms with Gasteiger partial charge in [-0.25, -0.2) is 4.79 Å². The Morgan fingerprint density at radius 2 is 1.74 bits per heavy atom. The van der Waals surface area contributed by atoms with Gasteiger partial charge in [-0.2, -0.15) is 0 Å². The van der Waals surface area contributed by atoms with Crippen molar-refractivity contribution in [2.24, 2.45) is 11.7 Å². The number of nitrogens with two attached hydrogens (primary N) is 1. The van der Waals surface area contributed by atoms with E-state index in [9.17, 15) is 9.59 Å². The first-order chi connectivity index (χ1) is 8.93. The Labute approximate surface area is 113 Å². The number of benzene rings is 1. The summed E-state index contributed by atoms with van der Waals surface area (Å²) in [5.74, 6) is -0.0768. The Kier molecular flexibility index (Phi) is 5.70. The molecule has 0 saturated carbocycles. The van der Waals surface area contributed by atoms with Crippen LogP contribution in [0.4, 0.5) is 0 Å². The van der Waals surface area contributed by atoms with Crippen molar-refractivity contribution in [1.82, 2.24) is 0 Å². The van der Waals surface area contributed by atoms with Gasteiger partial charge in [-0.1, -0.05) is 26.0 Å². The van der Waals surface area contributed by atoms with E-state index in [0.29, 0.717) is 12.0 Å². The highest BCUT2D eigenvalue weighted by Crippen LogP contribution is 2.11. The van der Waals surface area contributed by atoms with E-state index in [2.05, 4.69) is 0 Å². The highest BCUT2D eigenvalue weighted by molar-refractivity contribution is 5.89. The summed E-state index contributed by atoms with van der Waals surface area (Å²) < 4.78 is 5.31. The van der Waals surface area contributed by atoms with Crippen molar-refractivity contribution in [2.75, 3.05) is 6.54 Å². The Balaban J connectivity index is 2.65. The normalized spacial score (nSPS) is 12.3. The summed E-state index contributed by atoms with van der Waals surface area (Å²) in [5, 5.41) is 0. The number of hydrogen-bond acceptors (Lipinski definition) is 4. The summed E-state index contributed by atoms with van der Waals surface area (Å²) in [4.78, 5) is 23.0. The lowest BCUT2D eigenvalue weighted by Crippen LogP contribution is -2.20. The van der Waals surface area contributed by atoms with Gasteiger partial charge in [-0.15, -0.1) is 0 Å². The molecule has 19 heavy (non-hydrogen) atoms. The lowest BCUT2D eigenvalue weighted by Gasteiger charge is -2.16. The topological polar surface area (TPSA) is 69.4 Å². The van der Waals surface area contributed by atoms with Crippen LogP contribution in [0.5, 0.6) is 0 Å². The van der Waals surface area contributed by atoms with Gasteiger partial charge in [0.25, 0.3) is 0 Å². The first-order valence-electron chi connectivity index (χ1n) is 6.45. The summed E-state index contributed by atoms with van der Waals surface area (Å²) >= 11 is 0. The summed E-state index contributed by atoms with van der Waals surface area (Å²) in [6.45, 7) is 5.91. The lowest BCUT2D eigenvalue weighted by atomic mass is 10.1. The third-order valence-electron chi connectivity index (χ3n) is 3.05. The molecule has 2 N–H and O–H groups in total. The first-order valence-corrected chi connectivity index (χ1v) is 6.45. The fourth-order valence-corrected chi connectivity index (χ4v) is 1.43. The molecule has 1 atom stereocenters. The second-order valence-electron chi connectivity index (χ2n) is 4.97. The number of ether oxygens (including phenoxy) is 1. The molecule has 1 aromatic rings. The molecule has 1 aromatic carbocycles. The predicted molar refractivity (Wildman–Crippen MR) is 73.9 cm³/mol. The second-order valence-corrected chi connectivity index (χ2v) is 4.97. The SMILES string of the molecule is CC(C)C(C)OC(=O)c1ccc(CC(=O)CN)cc1. The molecule has 1 unspecified atom stereocenters. The molecule has 0 bridgehead atoms. The zero-order valence-electron chi connectivity index (χ0n) is 11.7. The number of rotatable bonds is 6. The van der Waals surface area contributed by atoms with Crippen molar-refractivity contribution in [2.45, 2.75) is 33.3 Å². The number of ketones is 1. The van der Waals surface area contributed by atoms with E-state index in [1.807, 2.05) is 20.8 Å². The maximum Gasteiger partial charge on any atom is 0.338 e. The number of carbonyl (C=O) groups is 2. The van der Waals surface area contributed by atoms with Gasteiger partial charge in [0.1, 0.15) is 6.10 Å². The number of Topliss-reactive ketones (excluding diaryl/α,β-unsaturated/α-hetero) is 1. The highest BCUT2D eigenvalue weighted by Gasteiger charge is 2.14. The zero-order valence-corrected chi connectivity index (χ0v) is 11.7. The minimum absolute atomic E-state index is 0.0243. The highest BCUT2D eigenvalue weighted by atomic mass is 16.5. The van der Waals surface area contributed by atoms with Crippen LogP contribution in [0.3, 0.4) is 0 Å². The monoisotopic (exact) mass is 263 g/mol. The molecule has 0 radical (unpaired) electrons. The van der Waals surface area contributed by atoms with Gasteiger partial charge < -0.3 is 10.5 Å². The van der Waals surface area contributed by atoms with Gasteiger partial charge in [-0.3, -0.25) is 4.79 Å². The van der Waals surface area contributed by atoms with E-state index >= 15 is 0 Å². The minimum atomic E-state index is -0.335. The van der Waals surface area contributed by atoms with E-state index in [1.165, 1.54) is 0 Å². The van der Waals surface area contributed by atoms with Crippen molar-refractivity contribution in [3.05, 3.63) is 35.4 Å². The number of carbonyl (C=O) groups excluding carboxylic acids is 2. The van der Waals surface area contributed by atoms with Gasteiger partial charge >= 0.3 is 5.97 Å². The fourth-order valence-electron chi connectivity index (χ4n) is 1.43. The Bertz CT molecular complexity index is 437. The Morgan fingerprint density at radius 1 is 1.16 bits per heavy atom. The van der Waals surface area contributed by atoms with Crippen LogP contribution >= 0.6 is 0 Å². The second kappa shape index (κ2) is 7.04. The quantitative estimate of drug-likeness (QED) is 0.796. The van der Waals surface area contributed by atoms with E-state index in [0.717, 1.165) is 5.56 Å². The number of esters is 1. The summed E-state index contributed by atoms with van der Waals surface area (Å²) in [6.07, 6.45) is 0.180. The van der Waals surface area contributed by atoms with Gasteiger partial charge in [0.2, 0.25) is 0 Å². The zero-order chi connectivity index (χ0) is 14.4. The van der Waals surface area contributed by atoms with Crippen molar-refractivity contribution in [1.29, 1.82) is 0 Å². The minimum Gasteiger partial charge on any atom is -0.459 e. The third kappa shape index (κ3) is 4.83. The van der Waals surface area contributed by atoms with Crippen LogP contribution in [0.1, 0.15) is 36.7 Å². The van der Waals surface area contributed by atoms with Gasteiger partial charge in [0.15, 0.2) is 5.78 Å². The average molecular weight is 263 g/mol. The molecule has 0 aliphatic heterocycles. The number of hydrogen-bond donors (Lipinski definition) is 1. The Morgan fingerprint density at radius 3 is 2.21 bits per heavy atom. The molecule has 0 aliphatic carbocycles. The van der Waals surface area contributed by atoms with E-state index in [4.69, 9.17) is 10.5 Å². The average Bonchev–Trinajstić information content (AvgIpc) is 2.39. The van der Waals surface area contributed by atoms with Crippen molar-refractivity contribution < 1.29 is 14.3 Å². The van der Waals surface area contributed by atoms with Crippen LogP contribution in [-0.4, -0.2) is 24.4 Å². The maximum absolute atomic E-state index is 11.8. The van der Waals surface area contributed by atoms with Crippen LogP contribution in [-0.2, 0) is 16.0 Å². The van der Waals surface area contributed by atoms with Crippen molar-refractivity contribution in [3.63, 3.8) is 0 Å². The predicted octanol–water partition coefficient (Wildman–Crippen LogP) is 1.96. The smallest absolute Gasteiger partial charge is 0.338 e. The molecule has 0 spiro atoms. The van der Waals surface area contributed by atoms with Crippen LogP contribution in [0.25, 0.3) is 0 Å². The molecule has 0 fully saturated rings. The van der Waals surface area contributed by atoms with Crippen molar-refractivity contribution >= 4 is 11.8 Å². The van der Waals surface area contributed by atoms with E-state index in [-0.39, 0.29) is 30.3 Å². The molecular formula is C15H21NO3. The molecule has 0 aromatic heterocycles. The molecule has 0 saturated heterocycles. The van der Waals surface area contributed by atoms with Crippen LogP contribution in [0, 0.1) is 5.92 Å². The molecule has 4 heteroatoms. The maximum atomic E-state index is 11.8. The standard InChI is InChI=1S/C15H21NO3/c1-10(2)11(3)19-15(18)13-6-4-12(5-7-13)8-14(17)9-16/h4-7,10-11H,8-9,16H2,1-3H3. The first kappa shape index (κ1) is 15.4. The van der Waals surface area contributed by atoms with Gasteiger partial charge in [0.05, 0.1) is 12.1 Å². The molecular weight excluding hydrogens is 242 g/mol. The van der Waals surface area contributed by atoms with E-state index in [1.54, 1.807) is 24.3 Å². The summed E-state index contributed by atoms with van der Waals surface area (Å²) in [7, 11) is 0. The fraction of sp³-hybridized carbons (Fsp3) is 0.467. The van der Waals surface area contributed by atoms with Crippen LogP contribution in [0.2, 0.25) is 0 Å². The molecule has 0 aliphatic rings. The molecule has 1 rings (SSSR count). The molecule has 0 amide bonds. The third-order valence-corrected chi connectivity index (χ3v) is 3.05. The Hall–Kier alpha value is -1.68. The van der Waals surface area contributed by atoms with Crippen LogP contribution < -0.4 is 5.73 Å².